The van der Waals surface area contributed by atoms with Gasteiger partial charge in [-0.15, -0.1) is 12.4 Å². The van der Waals surface area contributed by atoms with Crippen molar-refractivity contribution in [2.24, 2.45) is 11.7 Å². The Labute approximate surface area is 125 Å². The van der Waals surface area contributed by atoms with Crippen molar-refractivity contribution in [1.82, 2.24) is 4.90 Å². The maximum Gasteiger partial charge on any atom is 0.227 e. The topological polar surface area (TPSA) is 46.3 Å². The second-order valence-electron chi connectivity index (χ2n) is 4.96. The molecule has 1 amide bonds. The van der Waals surface area contributed by atoms with Gasteiger partial charge in [0.05, 0.1) is 0 Å². The zero-order valence-corrected chi connectivity index (χ0v) is 12.6. The number of halogens is 2. The van der Waals surface area contributed by atoms with Crippen molar-refractivity contribution in [3.63, 3.8) is 0 Å². The zero-order chi connectivity index (χ0) is 13.1. The highest BCUT2D eigenvalue weighted by Crippen LogP contribution is 2.29. The number of carbonyl (C=O) groups excluding carboxylic acids is 1. The molecule has 0 bridgehead atoms. The summed E-state index contributed by atoms with van der Waals surface area (Å²) in [5.41, 5.74) is 6.69. The Morgan fingerprint density at radius 3 is 2.47 bits per heavy atom. The van der Waals surface area contributed by atoms with Gasteiger partial charge in [0, 0.05) is 30.1 Å². The first kappa shape index (κ1) is 16.3. The number of benzene rings is 1. The predicted octanol–water partition coefficient (Wildman–Crippen LogP) is 2.85. The number of carbonyl (C=O) groups is 1. The van der Waals surface area contributed by atoms with Crippen LogP contribution in [0.4, 0.5) is 0 Å². The molecule has 0 spiro atoms. The van der Waals surface area contributed by atoms with Crippen LogP contribution in [-0.4, -0.2) is 23.4 Å². The Bertz CT molecular complexity index is 418. The van der Waals surface area contributed by atoms with Crippen molar-refractivity contribution in [2.75, 3.05) is 6.54 Å². The van der Waals surface area contributed by atoms with Gasteiger partial charge in [0.15, 0.2) is 0 Å². The number of hydrogen-bond donors (Lipinski definition) is 1. The van der Waals surface area contributed by atoms with Gasteiger partial charge in [-0.25, -0.2) is 0 Å². The van der Waals surface area contributed by atoms with Gasteiger partial charge in [0.25, 0.3) is 0 Å². The summed E-state index contributed by atoms with van der Waals surface area (Å²) in [6.07, 6.45) is 2.22. The zero-order valence-electron chi connectivity index (χ0n) is 11.0. The van der Waals surface area contributed by atoms with E-state index in [0.29, 0.717) is 19.1 Å². The molecule has 1 fully saturated rings. The molecule has 1 aliphatic carbocycles. The van der Waals surface area contributed by atoms with Gasteiger partial charge in [-0.05, 0) is 30.5 Å². The molecule has 0 saturated heterocycles. The maximum atomic E-state index is 12.2. The van der Waals surface area contributed by atoms with E-state index in [2.05, 4.69) is 0 Å². The molecule has 1 saturated carbocycles. The van der Waals surface area contributed by atoms with Gasteiger partial charge in [-0.3, -0.25) is 4.79 Å². The van der Waals surface area contributed by atoms with Crippen LogP contribution in [0.5, 0.6) is 0 Å². The Morgan fingerprint density at radius 2 is 2.00 bits per heavy atom. The Morgan fingerprint density at radius 1 is 1.42 bits per heavy atom. The van der Waals surface area contributed by atoms with E-state index in [1.807, 2.05) is 36.1 Å². The number of hydrogen-bond acceptors (Lipinski definition) is 2. The third-order valence-electron chi connectivity index (χ3n) is 3.31. The van der Waals surface area contributed by atoms with Crippen LogP contribution < -0.4 is 5.73 Å². The van der Waals surface area contributed by atoms with Gasteiger partial charge >= 0.3 is 0 Å². The molecule has 0 aromatic heterocycles. The van der Waals surface area contributed by atoms with Crippen LogP contribution in [0.25, 0.3) is 0 Å². The van der Waals surface area contributed by atoms with Crippen LogP contribution in [0, 0.1) is 5.92 Å². The second-order valence-corrected chi connectivity index (χ2v) is 5.40. The molecule has 1 aromatic carbocycles. The van der Waals surface area contributed by atoms with E-state index in [0.717, 1.165) is 23.4 Å². The Balaban J connectivity index is 0.00000180. The summed E-state index contributed by atoms with van der Waals surface area (Å²) in [6.45, 7) is 2.95. The highest BCUT2D eigenvalue weighted by Gasteiger charge is 2.34. The standard InChI is InChI=1S/C14H19ClN2O.ClH/c1-10(8-16)14(18)17(13-6-7-13)9-11-2-4-12(15)5-3-11;/h2-5,10,13H,6-9,16H2,1H3;1H. The van der Waals surface area contributed by atoms with Gasteiger partial charge in [0.2, 0.25) is 5.91 Å². The summed E-state index contributed by atoms with van der Waals surface area (Å²) in [5, 5.41) is 0.721. The maximum absolute atomic E-state index is 12.2. The van der Waals surface area contributed by atoms with Crippen LogP contribution in [0.2, 0.25) is 5.02 Å². The minimum Gasteiger partial charge on any atom is -0.335 e. The molecule has 2 N–H and O–H groups in total. The van der Waals surface area contributed by atoms with Crippen molar-refractivity contribution < 1.29 is 4.79 Å². The monoisotopic (exact) mass is 302 g/mol. The van der Waals surface area contributed by atoms with Gasteiger partial charge < -0.3 is 10.6 Å². The average molecular weight is 303 g/mol. The van der Waals surface area contributed by atoms with Gasteiger partial charge in [0.1, 0.15) is 0 Å². The lowest BCUT2D eigenvalue weighted by Gasteiger charge is -2.25. The molecule has 0 radical (unpaired) electrons. The van der Waals surface area contributed by atoms with Crippen LogP contribution in [0.1, 0.15) is 25.3 Å². The third-order valence-corrected chi connectivity index (χ3v) is 3.56. The fourth-order valence-electron chi connectivity index (χ4n) is 1.94. The third kappa shape index (κ3) is 4.37. The summed E-state index contributed by atoms with van der Waals surface area (Å²) in [4.78, 5) is 14.2. The molecule has 1 unspecified atom stereocenters. The largest absolute Gasteiger partial charge is 0.335 e. The fraction of sp³-hybridized carbons (Fsp3) is 0.500. The lowest BCUT2D eigenvalue weighted by molar-refractivity contribution is -0.135. The summed E-state index contributed by atoms with van der Waals surface area (Å²) >= 11 is 5.86. The summed E-state index contributed by atoms with van der Waals surface area (Å²) < 4.78 is 0. The molecule has 0 aliphatic heterocycles. The number of rotatable bonds is 5. The van der Waals surface area contributed by atoms with E-state index >= 15 is 0 Å². The summed E-state index contributed by atoms with van der Waals surface area (Å²) in [5.74, 6) is 0.0628. The van der Waals surface area contributed by atoms with E-state index in [1.165, 1.54) is 0 Å². The van der Waals surface area contributed by atoms with Crippen LogP contribution in [0.3, 0.4) is 0 Å². The normalized spacial score (nSPS) is 15.5. The van der Waals surface area contributed by atoms with Crippen molar-refractivity contribution >= 4 is 29.9 Å². The lowest BCUT2D eigenvalue weighted by atomic mass is 10.1. The predicted molar refractivity (Wildman–Crippen MR) is 80.5 cm³/mol. The Kier molecular flexibility index (Phi) is 6.11. The molecule has 3 nitrogen and oxygen atoms in total. The smallest absolute Gasteiger partial charge is 0.227 e. The van der Waals surface area contributed by atoms with Gasteiger partial charge in [-0.1, -0.05) is 30.7 Å². The molecule has 19 heavy (non-hydrogen) atoms. The summed E-state index contributed by atoms with van der Waals surface area (Å²) in [7, 11) is 0. The van der Waals surface area contributed by atoms with E-state index < -0.39 is 0 Å². The van der Waals surface area contributed by atoms with Crippen molar-refractivity contribution in [1.29, 1.82) is 0 Å². The molecule has 1 aromatic rings. The molecule has 1 aliphatic rings. The minimum atomic E-state index is -0.0992. The minimum absolute atomic E-state index is 0. The highest BCUT2D eigenvalue weighted by molar-refractivity contribution is 6.30. The number of nitrogens with two attached hydrogens (primary N) is 1. The molecule has 1 atom stereocenters. The average Bonchev–Trinajstić information content (AvgIpc) is 3.20. The van der Waals surface area contributed by atoms with Crippen molar-refractivity contribution in [3.8, 4) is 0 Å². The van der Waals surface area contributed by atoms with Crippen molar-refractivity contribution in [3.05, 3.63) is 34.9 Å². The fourth-order valence-corrected chi connectivity index (χ4v) is 2.07. The number of amides is 1. The molecule has 0 heterocycles. The first-order valence-electron chi connectivity index (χ1n) is 6.37. The van der Waals surface area contributed by atoms with E-state index in [1.54, 1.807) is 0 Å². The molecular formula is C14H20Cl2N2O. The van der Waals surface area contributed by atoms with Crippen LogP contribution in [0.15, 0.2) is 24.3 Å². The first-order valence-corrected chi connectivity index (χ1v) is 6.74. The van der Waals surface area contributed by atoms with E-state index in [4.69, 9.17) is 17.3 Å². The Hall–Kier alpha value is -0.770. The highest BCUT2D eigenvalue weighted by atomic mass is 35.5. The first-order chi connectivity index (χ1) is 8.61. The van der Waals surface area contributed by atoms with Crippen LogP contribution >= 0.6 is 24.0 Å². The van der Waals surface area contributed by atoms with Crippen LogP contribution in [-0.2, 0) is 11.3 Å². The van der Waals surface area contributed by atoms with E-state index in [-0.39, 0.29) is 24.2 Å². The van der Waals surface area contributed by atoms with E-state index in [9.17, 15) is 4.79 Å². The summed E-state index contributed by atoms with van der Waals surface area (Å²) in [6, 6.07) is 8.07. The SMILES string of the molecule is CC(CN)C(=O)N(Cc1ccc(Cl)cc1)C1CC1.Cl. The van der Waals surface area contributed by atoms with Gasteiger partial charge in [-0.2, -0.15) is 0 Å². The van der Waals surface area contributed by atoms with Crippen molar-refractivity contribution in [2.45, 2.75) is 32.4 Å². The lowest BCUT2D eigenvalue weighted by Crippen LogP contribution is -2.38. The number of nitrogens with zero attached hydrogens (tertiary/aromatic N) is 1. The molecule has 106 valence electrons. The molecule has 2 rings (SSSR count). The molecular weight excluding hydrogens is 283 g/mol. The molecule has 5 heteroatoms. The second kappa shape index (κ2) is 7.13. The quantitative estimate of drug-likeness (QED) is 0.909.